The van der Waals surface area contributed by atoms with Crippen LogP contribution >= 0.6 is 15.9 Å². The minimum atomic E-state index is -0.485. The molecule has 4 nitrogen and oxygen atoms in total. The van der Waals surface area contributed by atoms with Crippen molar-refractivity contribution in [2.75, 3.05) is 6.61 Å². The zero-order valence-corrected chi connectivity index (χ0v) is 14.6. The highest BCUT2D eigenvalue weighted by Gasteiger charge is 2.28. The first kappa shape index (κ1) is 17.0. The van der Waals surface area contributed by atoms with E-state index >= 15 is 0 Å². The van der Waals surface area contributed by atoms with E-state index < -0.39 is 5.97 Å². The highest BCUT2D eigenvalue weighted by atomic mass is 79.9. The Morgan fingerprint density at radius 3 is 2.82 bits per heavy atom. The summed E-state index contributed by atoms with van der Waals surface area (Å²) in [5, 5.41) is 2.99. The predicted octanol–water partition coefficient (Wildman–Crippen LogP) is 3.55. The van der Waals surface area contributed by atoms with Gasteiger partial charge in [-0.05, 0) is 36.5 Å². The number of carbonyl (C=O) groups excluding carboxylic acids is 2. The minimum Gasteiger partial charge on any atom is -0.452 e. The molecule has 22 heavy (non-hydrogen) atoms. The molecule has 0 spiro atoms. The topological polar surface area (TPSA) is 55.4 Å². The van der Waals surface area contributed by atoms with Crippen LogP contribution in [-0.2, 0) is 9.53 Å². The largest absolute Gasteiger partial charge is 0.452 e. The van der Waals surface area contributed by atoms with E-state index in [0.717, 1.165) is 17.3 Å². The van der Waals surface area contributed by atoms with E-state index in [4.69, 9.17) is 4.74 Å². The molecule has 1 saturated carbocycles. The van der Waals surface area contributed by atoms with Crippen LogP contribution in [0.25, 0.3) is 0 Å². The second kappa shape index (κ2) is 7.77. The van der Waals surface area contributed by atoms with Gasteiger partial charge >= 0.3 is 5.97 Å². The van der Waals surface area contributed by atoms with Crippen LogP contribution in [0.2, 0.25) is 0 Å². The Bertz CT molecular complexity index is 546. The maximum absolute atomic E-state index is 12.0. The fourth-order valence-corrected chi connectivity index (χ4v) is 3.26. The van der Waals surface area contributed by atoms with Crippen molar-refractivity contribution < 1.29 is 14.3 Å². The summed E-state index contributed by atoms with van der Waals surface area (Å²) >= 11 is 3.30. The quantitative estimate of drug-likeness (QED) is 0.827. The third-order valence-corrected chi connectivity index (χ3v) is 4.94. The molecule has 120 valence electrons. The molecule has 1 aliphatic rings. The highest BCUT2D eigenvalue weighted by molar-refractivity contribution is 9.10. The molecule has 1 aromatic rings. The monoisotopic (exact) mass is 367 g/mol. The van der Waals surface area contributed by atoms with E-state index in [1.807, 2.05) is 6.07 Å². The second-order valence-electron chi connectivity index (χ2n) is 6.03. The molecule has 0 aromatic heterocycles. The lowest BCUT2D eigenvalue weighted by molar-refractivity contribution is -0.125. The normalized spacial score (nSPS) is 24.6. The molecular formula is C17H22BrNO3. The van der Waals surface area contributed by atoms with Crippen molar-refractivity contribution in [3.63, 3.8) is 0 Å². The smallest absolute Gasteiger partial charge is 0.338 e. The molecule has 0 aliphatic heterocycles. The van der Waals surface area contributed by atoms with E-state index in [9.17, 15) is 9.59 Å². The van der Waals surface area contributed by atoms with Crippen molar-refractivity contribution in [3.05, 3.63) is 34.3 Å². The number of esters is 1. The number of rotatable bonds is 4. The SMILES string of the molecule is C[C@H]1[C@@H](C)CCC[C@H]1NC(=O)COC(=O)c1cccc(Br)c1. The lowest BCUT2D eigenvalue weighted by Crippen LogP contribution is -2.45. The van der Waals surface area contributed by atoms with Gasteiger partial charge in [-0.1, -0.05) is 48.7 Å². The third-order valence-electron chi connectivity index (χ3n) is 4.45. The third kappa shape index (κ3) is 4.57. The Morgan fingerprint density at radius 2 is 2.09 bits per heavy atom. The molecule has 1 fully saturated rings. The maximum atomic E-state index is 12.0. The van der Waals surface area contributed by atoms with Gasteiger partial charge in [0.1, 0.15) is 0 Å². The Labute approximate surface area is 139 Å². The maximum Gasteiger partial charge on any atom is 0.338 e. The number of nitrogens with one attached hydrogen (secondary N) is 1. The number of hydrogen-bond donors (Lipinski definition) is 1. The standard InChI is InChI=1S/C17H22BrNO3/c1-11-5-3-8-15(12(11)2)19-16(20)10-22-17(21)13-6-4-7-14(18)9-13/h4,6-7,9,11-12,15H,3,5,8,10H2,1-2H3,(H,19,20)/t11-,12-,15+/m0/s1. The summed E-state index contributed by atoms with van der Waals surface area (Å²) in [4.78, 5) is 23.9. The average Bonchev–Trinajstić information content (AvgIpc) is 2.49. The van der Waals surface area contributed by atoms with Crippen LogP contribution in [0.4, 0.5) is 0 Å². The molecule has 2 rings (SSSR count). The highest BCUT2D eigenvalue weighted by Crippen LogP contribution is 2.29. The van der Waals surface area contributed by atoms with Crippen molar-refractivity contribution >= 4 is 27.8 Å². The average molecular weight is 368 g/mol. The van der Waals surface area contributed by atoms with E-state index in [2.05, 4.69) is 35.1 Å². The van der Waals surface area contributed by atoms with Gasteiger partial charge in [0.25, 0.3) is 5.91 Å². The van der Waals surface area contributed by atoms with Crippen LogP contribution < -0.4 is 5.32 Å². The number of halogens is 1. The summed E-state index contributed by atoms with van der Waals surface area (Å²) in [7, 11) is 0. The van der Waals surface area contributed by atoms with Gasteiger partial charge in [0, 0.05) is 10.5 Å². The van der Waals surface area contributed by atoms with Gasteiger partial charge in [-0.15, -0.1) is 0 Å². The number of carbonyl (C=O) groups is 2. The van der Waals surface area contributed by atoms with E-state index in [1.54, 1.807) is 18.2 Å². The Balaban J connectivity index is 1.81. The van der Waals surface area contributed by atoms with Crippen LogP contribution in [0, 0.1) is 11.8 Å². The molecule has 1 aliphatic carbocycles. The number of amides is 1. The zero-order valence-electron chi connectivity index (χ0n) is 13.0. The summed E-state index contributed by atoms with van der Waals surface area (Å²) in [5.74, 6) is 0.359. The summed E-state index contributed by atoms with van der Waals surface area (Å²) < 4.78 is 5.88. The first-order valence-corrected chi connectivity index (χ1v) is 8.48. The summed E-state index contributed by atoms with van der Waals surface area (Å²) in [5.41, 5.74) is 0.432. The van der Waals surface area contributed by atoms with E-state index in [-0.39, 0.29) is 18.6 Å². The number of hydrogen-bond acceptors (Lipinski definition) is 3. The van der Waals surface area contributed by atoms with Crippen LogP contribution in [0.5, 0.6) is 0 Å². The van der Waals surface area contributed by atoms with Crippen molar-refractivity contribution in [3.8, 4) is 0 Å². The summed E-state index contributed by atoms with van der Waals surface area (Å²) in [6, 6.07) is 7.10. The molecular weight excluding hydrogens is 346 g/mol. The van der Waals surface area contributed by atoms with Crippen molar-refractivity contribution in [2.45, 2.75) is 39.2 Å². The fourth-order valence-electron chi connectivity index (χ4n) is 2.86. The van der Waals surface area contributed by atoms with Gasteiger partial charge in [-0.2, -0.15) is 0 Å². The van der Waals surface area contributed by atoms with Gasteiger partial charge in [0.05, 0.1) is 5.56 Å². The van der Waals surface area contributed by atoms with Crippen molar-refractivity contribution in [1.82, 2.24) is 5.32 Å². The van der Waals surface area contributed by atoms with E-state index in [0.29, 0.717) is 17.4 Å². The van der Waals surface area contributed by atoms with Gasteiger partial charge in [0.2, 0.25) is 0 Å². The lowest BCUT2D eigenvalue weighted by Gasteiger charge is -2.34. The summed E-state index contributed by atoms with van der Waals surface area (Å²) in [6.45, 7) is 4.15. The number of ether oxygens (including phenoxy) is 1. The Kier molecular flexibility index (Phi) is 6.00. The van der Waals surface area contributed by atoms with E-state index in [1.165, 1.54) is 6.42 Å². The first-order chi connectivity index (χ1) is 10.5. The molecule has 1 amide bonds. The molecule has 0 unspecified atom stereocenters. The summed E-state index contributed by atoms with van der Waals surface area (Å²) in [6.07, 6.45) is 3.34. The second-order valence-corrected chi connectivity index (χ2v) is 6.94. The molecule has 5 heteroatoms. The molecule has 1 N–H and O–H groups in total. The first-order valence-electron chi connectivity index (χ1n) is 7.69. The predicted molar refractivity (Wildman–Crippen MR) is 88.5 cm³/mol. The van der Waals surface area contributed by atoms with Crippen molar-refractivity contribution in [1.29, 1.82) is 0 Å². The minimum absolute atomic E-state index is 0.181. The Hall–Kier alpha value is -1.36. The molecule has 1 aromatic carbocycles. The van der Waals surface area contributed by atoms with Crippen LogP contribution in [-0.4, -0.2) is 24.5 Å². The van der Waals surface area contributed by atoms with Gasteiger partial charge < -0.3 is 10.1 Å². The molecule has 0 bridgehead atoms. The molecule has 0 heterocycles. The fraction of sp³-hybridized carbons (Fsp3) is 0.529. The van der Waals surface area contributed by atoms with Crippen molar-refractivity contribution in [2.24, 2.45) is 11.8 Å². The Morgan fingerprint density at radius 1 is 1.32 bits per heavy atom. The van der Waals surface area contributed by atoms with Crippen LogP contribution in [0.1, 0.15) is 43.5 Å². The lowest BCUT2D eigenvalue weighted by atomic mass is 9.78. The van der Waals surface area contributed by atoms with Crippen LogP contribution in [0.3, 0.4) is 0 Å². The van der Waals surface area contributed by atoms with Gasteiger partial charge in [-0.3, -0.25) is 4.79 Å². The zero-order chi connectivity index (χ0) is 16.1. The number of benzene rings is 1. The molecule has 0 radical (unpaired) electrons. The van der Waals surface area contributed by atoms with Crippen LogP contribution in [0.15, 0.2) is 28.7 Å². The molecule has 3 atom stereocenters. The molecule has 0 saturated heterocycles. The van der Waals surface area contributed by atoms with Gasteiger partial charge in [0.15, 0.2) is 6.61 Å². The van der Waals surface area contributed by atoms with Gasteiger partial charge in [-0.25, -0.2) is 4.79 Å².